The number of hydrogen-bond donors (Lipinski definition) is 2. The molecule has 0 aromatic carbocycles. The molecule has 0 aliphatic carbocycles. The number of carbonyl (C=O) groups excluding carboxylic acids is 1. The number of carboxylic acids is 1. The lowest BCUT2D eigenvalue weighted by molar-refractivity contribution is -0.144. The Bertz CT molecular complexity index is 303. The minimum absolute atomic E-state index is 0.0585. The maximum atomic E-state index is 12.1. The number of rotatable bonds is 6. The first kappa shape index (κ1) is 15.0. The van der Waals surface area contributed by atoms with Gasteiger partial charge in [-0.15, -0.1) is 0 Å². The molecule has 1 aliphatic rings. The second-order valence-corrected chi connectivity index (χ2v) is 4.93. The molecule has 2 atom stereocenters. The fraction of sp³-hybridized carbons (Fsp3) is 0.846. The molecule has 0 bridgehead atoms. The zero-order chi connectivity index (χ0) is 13.7. The molecule has 1 amide bonds. The molecule has 1 fully saturated rings. The quantitative estimate of drug-likeness (QED) is 0.750. The van der Waals surface area contributed by atoms with Crippen molar-refractivity contribution in [2.75, 3.05) is 6.54 Å². The Balaban J connectivity index is 2.60. The Hall–Kier alpha value is -1.10. The van der Waals surface area contributed by atoms with E-state index in [4.69, 9.17) is 5.11 Å². The highest BCUT2D eigenvalue weighted by atomic mass is 16.4. The molecule has 0 saturated carbocycles. The van der Waals surface area contributed by atoms with E-state index in [1.165, 1.54) is 0 Å². The summed E-state index contributed by atoms with van der Waals surface area (Å²) in [4.78, 5) is 25.0. The van der Waals surface area contributed by atoms with Crippen molar-refractivity contribution in [1.29, 1.82) is 0 Å². The van der Waals surface area contributed by atoms with Gasteiger partial charge in [-0.05, 0) is 39.2 Å². The summed E-state index contributed by atoms with van der Waals surface area (Å²) >= 11 is 0. The molecular formula is C13H24N2O3. The lowest BCUT2D eigenvalue weighted by Gasteiger charge is -2.28. The highest BCUT2D eigenvalue weighted by molar-refractivity contribution is 5.83. The molecule has 1 saturated heterocycles. The predicted octanol–water partition coefficient (Wildman–Crippen LogP) is 1.23. The van der Waals surface area contributed by atoms with Crippen molar-refractivity contribution in [2.45, 2.75) is 64.6 Å². The van der Waals surface area contributed by atoms with E-state index in [1.54, 1.807) is 11.8 Å². The van der Waals surface area contributed by atoms with E-state index in [2.05, 4.69) is 5.32 Å². The molecular weight excluding hydrogens is 232 g/mol. The normalized spacial score (nSPS) is 22.1. The molecule has 1 rings (SSSR count). The summed E-state index contributed by atoms with van der Waals surface area (Å²) in [6.45, 7) is 6.55. The average molecular weight is 256 g/mol. The molecule has 0 aromatic heterocycles. The van der Waals surface area contributed by atoms with Crippen molar-refractivity contribution in [3.05, 3.63) is 0 Å². The monoisotopic (exact) mass is 256 g/mol. The lowest BCUT2D eigenvalue weighted by Crippen LogP contribution is -2.51. The summed E-state index contributed by atoms with van der Waals surface area (Å²) < 4.78 is 0. The first-order valence-corrected chi connectivity index (χ1v) is 6.80. The van der Waals surface area contributed by atoms with E-state index in [9.17, 15) is 9.59 Å². The van der Waals surface area contributed by atoms with Crippen LogP contribution in [0.4, 0.5) is 0 Å². The van der Waals surface area contributed by atoms with E-state index in [0.717, 1.165) is 19.3 Å². The number of nitrogens with zero attached hydrogens (tertiary/aromatic N) is 1. The third kappa shape index (κ3) is 3.45. The van der Waals surface area contributed by atoms with Gasteiger partial charge in [-0.2, -0.15) is 0 Å². The SMILES string of the molecule is CCC(CC)NC(=O)C(C)N1CCCC1C(=O)O. The maximum Gasteiger partial charge on any atom is 0.320 e. The van der Waals surface area contributed by atoms with Crippen molar-refractivity contribution in [3.63, 3.8) is 0 Å². The highest BCUT2D eigenvalue weighted by Crippen LogP contribution is 2.20. The molecule has 2 N–H and O–H groups in total. The summed E-state index contributed by atoms with van der Waals surface area (Å²) in [5.74, 6) is -0.883. The van der Waals surface area contributed by atoms with Crippen LogP contribution in [0.25, 0.3) is 0 Å². The summed E-state index contributed by atoms with van der Waals surface area (Å²) in [6, 6.07) is -0.688. The summed E-state index contributed by atoms with van der Waals surface area (Å²) in [6.07, 6.45) is 3.28. The van der Waals surface area contributed by atoms with Crippen molar-refractivity contribution in [1.82, 2.24) is 10.2 Å². The number of likely N-dealkylation sites (tertiary alicyclic amines) is 1. The number of carbonyl (C=O) groups is 2. The lowest BCUT2D eigenvalue weighted by atomic mass is 10.1. The first-order valence-electron chi connectivity index (χ1n) is 6.80. The topological polar surface area (TPSA) is 69.6 Å². The minimum atomic E-state index is -0.824. The van der Waals surface area contributed by atoms with Crippen molar-refractivity contribution < 1.29 is 14.7 Å². The predicted molar refractivity (Wildman–Crippen MR) is 69.3 cm³/mol. The smallest absolute Gasteiger partial charge is 0.320 e. The van der Waals surface area contributed by atoms with Gasteiger partial charge in [-0.1, -0.05) is 13.8 Å². The molecule has 104 valence electrons. The van der Waals surface area contributed by atoms with Crippen LogP contribution in [-0.2, 0) is 9.59 Å². The molecule has 5 nitrogen and oxygen atoms in total. The van der Waals surface area contributed by atoms with Crippen LogP contribution in [0, 0.1) is 0 Å². The second-order valence-electron chi connectivity index (χ2n) is 4.93. The Kier molecular flexibility index (Phi) is 5.59. The van der Waals surface area contributed by atoms with Gasteiger partial charge in [0.2, 0.25) is 5.91 Å². The number of nitrogens with one attached hydrogen (secondary N) is 1. The van der Waals surface area contributed by atoms with E-state index in [1.807, 2.05) is 13.8 Å². The van der Waals surface area contributed by atoms with E-state index in [0.29, 0.717) is 13.0 Å². The average Bonchev–Trinajstić information content (AvgIpc) is 2.83. The first-order chi connectivity index (χ1) is 8.51. The molecule has 0 spiro atoms. The van der Waals surface area contributed by atoms with Crippen LogP contribution < -0.4 is 5.32 Å². The number of hydrogen-bond acceptors (Lipinski definition) is 3. The van der Waals surface area contributed by atoms with Gasteiger partial charge in [0.25, 0.3) is 0 Å². The largest absolute Gasteiger partial charge is 0.480 e. The fourth-order valence-corrected chi connectivity index (χ4v) is 2.48. The Morgan fingerprint density at radius 1 is 1.39 bits per heavy atom. The van der Waals surface area contributed by atoms with E-state index < -0.39 is 12.0 Å². The molecule has 2 unspecified atom stereocenters. The Morgan fingerprint density at radius 3 is 2.50 bits per heavy atom. The summed E-state index contributed by atoms with van der Waals surface area (Å²) in [7, 11) is 0. The molecule has 1 heterocycles. The fourth-order valence-electron chi connectivity index (χ4n) is 2.48. The number of carboxylic acid groups (broad SMARTS) is 1. The van der Waals surface area contributed by atoms with Gasteiger partial charge in [0.1, 0.15) is 6.04 Å². The van der Waals surface area contributed by atoms with Gasteiger partial charge >= 0.3 is 5.97 Å². The zero-order valence-corrected chi connectivity index (χ0v) is 11.5. The van der Waals surface area contributed by atoms with Crippen LogP contribution >= 0.6 is 0 Å². The number of amides is 1. The molecule has 0 aromatic rings. The molecule has 0 radical (unpaired) electrons. The van der Waals surface area contributed by atoms with Gasteiger partial charge in [0, 0.05) is 6.04 Å². The summed E-state index contributed by atoms with van der Waals surface area (Å²) in [5.41, 5.74) is 0. The van der Waals surface area contributed by atoms with Crippen molar-refractivity contribution >= 4 is 11.9 Å². The molecule has 1 aliphatic heterocycles. The van der Waals surface area contributed by atoms with E-state index in [-0.39, 0.29) is 18.0 Å². The second kappa shape index (κ2) is 6.73. The third-order valence-corrected chi connectivity index (χ3v) is 3.79. The standard InChI is InChI=1S/C13H24N2O3/c1-4-10(5-2)14-12(16)9(3)15-8-6-7-11(15)13(17)18/h9-11H,4-8H2,1-3H3,(H,14,16)(H,17,18). The molecule has 5 heteroatoms. The Morgan fingerprint density at radius 2 is 2.00 bits per heavy atom. The van der Waals surface area contributed by atoms with Gasteiger partial charge in [-0.25, -0.2) is 0 Å². The van der Waals surface area contributed by atoms with Gasteiger partial charge in [0.05, 0.1) is 6.04 Å². The van der Waals surface area contributed by atoms with Crippen LogP contribution in [0.15, 0.2) is 0 Å². The highest BCUT2D eigenvalue weighted by Gasteiger charge is 2.36. The van der Waals surface area contributed by atoms with Gasteiger partial charge in [0.15, 0.2) is 0 Å². The van der Waals surface area contributed by atoms with Crippen LogP contribution in [0.1, 0.15) is 46.5 Å². The Labute approximate surface area is 109 Å². The van der Waals surface area contributed by atoms with Crippen LogP contribution in [0.2, 0.25) is 0 Å². The van der Waals surface area contributed by atoms with Crippen LogP contribution in [-0.4, -0.2) is 46.6 Å². The van der Waals surface area contributed by atoms with Gasteiger partial charge in [-0.3, -0.25) is 14.5 Å². The van der Waals surface area contributed by atoms with Crippen molar-refractivity contribution in [2.24, 2.45) is 0 Å². The third-order valence-electron chi connectivity index (χ3n) is 3.79. The number of aliphatic carboxylic acids is 1. The summed E-state index contributed by atoms with van der Waals surface area (Å²) in [5, 5.41) is 12.1. The minimum Gasteiger partial charge on any atom is -0.480 e. The van der Waals surface area contributed by atoms with Crippen LogP contribution in [0.3, 0.4) is 0 Å². The van der Waals surface area contributed by atoms with Crippen molar-refractivity contribution in [3.8, 4) is 0 Å². The van der Waals surface area contributed by atoms with Gasteiger partial charge < -0.3 is 10.4 Å². The van der Waals surface area contributed by atoms with Crippen LogP contribution in [0.5, 0.6) is 0 Å². The molecule has 18 heavy (non-hydrogen) atoms. The van der Waals surface area contributed by atoms with E-state index >= 15 is 0 Å². The maximum absolute atomic E-state index is 12.1. The zero-order valence-electron chi connectivity index (χ0n) is 11.5.